The van der Waals surface area contributed by atoms with Crippen molar-refractivity contribution in [1.82, 2.24) is 25.6 Å². The first-order chi connectivity index (χ1) is 23.6. The number of amides is 1. The van der Waals surface area contributed by atoms with Gasteiger partial charge in [0.25, 0.3) is 0 Å². The number of nitrogens with zero attached hydrogens (tertiary/aromatic N) is 3. The van der Waals surface area contributed by atoms with Crippen molar-refractivity contribution in [3.8, 4) is 11.3 Å². The van der Waals surface area contributed by atoms with Gasteiger partial charge < -0.3 is 20.1 Å². The lowest BCUT2D eigenvalue weighted by atomic mass is 9.81. The van der Waals surface area contributed by atoms with Crippen LogP contribution in [0, 0.1) is 0 Å². The fourth-order valence-corrected chi connectivity index (χ4v) is 6.35. The molecule has 2 N–H and O–H groups in total. The standard InChI is InChI=1S/C39H41N5O4/c1-47-39(46)41-38(37(30-16-7-3-8-17-30)31-18-9-4-10-19-31)36(45)23-32-20-12-11-13-28(32)21-22-34-24-40-33(27-48-34)25-44-26-35(42-43-44)29-14-5-2-6-15-29/h2-20,26,33-34,37-38,40H,21-25,27H2,1H3,(H,41,46)/t33-,34-,38-/m1/s1. The van der Waals surface area contributed by atoms with Crippen molar-refractivity contribution >= 4 is 11.9 Å². The maximum atomic E-state index is 14.2. The Bertz CT molecular complexity index is 1720. The van der Waals surface area contributed by atoms with Gasteiger partial charge in [0, 0.05) is 24.4 Å². The number of Topliss-reactive ketones (excluding diaryl/α,β-unsaturated/α-hetero) is 1. The quantitative estimate of drug-likeness (QED) is 0.172. The molecular weight excluding hydrogens is 602 g/mol. The number of aromatic nitrogens is 3. The van der Waals surface area contributed by atoms with E-state index >= 15 is 0 Å². The van der Waals surface area contributed by atoms with E-state index in [1.165, 1.54) is 7.11 Å². The predicted octanol–water partition coefficient (Wildman–Crippen LogP) is 5.60. The largest absolute Gasteiger partial charge is 0.453 e. The van der Waals surface area contributed by atoms with Crippen LogP contribution in [0.3, 0.4) is 0 Å². The van der Waals surface area contributed by atoms with E-state index in [9.17, 15) is 9.59 Å². The highest BCUT2D eigenvalue weighted by Gasteiger charge is 2.33. The zero-order chi connectivity index (χ0) is 33.1. The van der Waals surface area contributed by atoms with Crippen LogP contribution >= 0.6 is 0 Å². The summed E-state index contributed by atoms with van der Waals surface area (Å²) in [6, 6.07) is 37.0. The van der Waals surface area contributed by atoms with Gasteiger partial charge in [-0.2, -0.15) is 0 Å². The van der Waals surface area contributed by atoms with Crippen molar-refractivity contribution in [2.45, 2.75) is 49.9 Å². The summed E-state index contributed by atoms with van der Waals surface area (Å²) in [6.45, 7) is 1.98. The number of hydrogen-bond donors (Lipinski definition) is 2. The van der Waals surface area contributed by atoms with Gasteiger partial charge in [-0.1, -0.05) is 120 Å². The van der Waals surface area contributed by atoms with Crippen molar-refractivity contribution in [2.24, 2.45) is 0 Å². The molecule has 4 aromatic carbocycles. The molecule has 0 aliphatic carbocycles. The molecule has 3 atom stereocenters. The number of morpholine rings is 1. The van der Waals surface area contributed by atoms with Crippen LogP contribution in [0.2, 0.25) is 0 Å². The normalized spacial score (nSPS) is 16.7. The molecular formula is C39H41N5O4. The molecule has 48 heavy (non-hydrogen) atoms. The van der Waals surface area contributed by atoms with Gasteiger partial charge in [-0.05, 0) is 35.1 Å². The van der Waals surface area contributed by atoms with E-state index in [0.717, 1.165) is 52.9 Å². The molecule has 1 aliphatic heterocycles. The molecule has 1 saturated heterocycles. The number of benzene rings is 4. The molecule has 1 fully saturated rings. The summed E-state index contributed by atoms with van der Waals surface area (Å²) < 4.78 is 13.1. The number of aryl methyl sites for hydroxylation is 1. The lowest BCUT2D eigenvalue weighted by Gasteiger charge is -2.30. The second kappa shape index (κ2) is 16.1. The van der Waals surface area contributed by atoms with Crippen LogP contribution in [-0.4, -0.2) is 65.3 Å². The number of hydrogen-bond acceptors (Lipinski definition) is 7. The summed E-state index contributed by atoms with van der Waals surface area (Å²) in [7, 11) is 1.31. The van der Waals surface area contributed by atoms with Crippen LogP contribution < -0.4 is 10.6 Å². The molecule has 1 aromatic heterocycles. The third kappa shape index (κ3) is 8.42. The lowest BCUT2D eigenvalue weighted by Crippen LogP contribution is -2.48. The third-order valence-electron chi connectivity index (χ3n) is 8.86. The van der Waals surface area contributed by atoms with Crippen LogP contribution in [-0.2, 0) is 33.7 Å². The van der Waals surface area contributed by atoms with Gasteiger partial charge in [0.15, 0.2) is 5.78 Å². The van der Waals surface area contributed by atoms with E-state index in [2.05, 4.69) is 27.0 Å². The first-order valence-corrected chi connectivity index (χ1v) is 16.4. The molecule has 0 bridgehead atoms. The Balaban J connectivity index is 1.09. The number of rotatable bonds is 13. The third-order valence-corrected chi connectivity index (χ3v) is 8.86. The molecule has 0 radical (unpaired) electrons. The van der Waals surface area contributed by atoms with Gasteiger partial charge in [-0.15, -0.1) is 5.10 Å². The Labute approximate surface area is 281 Å². The highest BCUT2D eigenvalue weighted by Crippen LogP contribution is 2.30. The average Bonchev–Trinajstić information content (AvgIpc) is 3.61. The maximum Gasteiger partial charge on any atom is 0.407 e. The summed E-state index contributed by atoms with van der Waals surface area (Å²) in [5.41, 5.74) is 5.81. The molecule has 1 aliphatic rings. The van der Waals surface area contributed by atoms with Crippen molar-refractivity contribution < 1.29 is 19.1 Å². The second-order valence-corrected chi connectivity index (χ2v) is 12.1. The number of carbonyl (C=O) groups excluding carboxylic acids is 2. The number of alkyl carbamates (subject to hydrolysis) is 1. The Morgan fingerprint density at radius 2 is 1.52 bits per heavy atom. The second-order valence-electron chi connectivity index (χ2n) is 12.1. The zero-order valence-corrected chi connectivity index (χ0v) is 27.1. The van der Waals surface area contributed by atoms with Crippen LogP contribution in [0.4, 0.5) is 4.79 Å². The molecule has 9 heteroatoms. The molecule has 5 aromatic rings. The summed E-state index contributed by atoms with van der Waals surface area (Å²) in [4.78, 5) is 26.7. The van der Waals surface area contributed by atoms with E-state index in [1.54, 1.807) is 0 Å². The molecule has 1 amide bonds. The fraction of sp³-hybridized carbons (Fsp3) is 0.282. The van der Waals surface area contributed by atoms with Crippen LogP contribution in [0.5, 0.6) is 0 Å². The number of ketones is 1. The van der Waals surface area contributed by atoms with Crippen molar-refractivity contribution in [3.05, 3.63) is 144 Å². The minimum absolute atomic E-state index is 0.0508. The van der Waals surface area contributed by atoms with Crippen molar-refractivity contribution in [3.63, 3.8) is 0 Å². The minimum Gasteiger partial charge on any atom is -0.453 e. The van der Waals surface area contributed by atoms with E-state index in [0.29, 0.717) is 13.2 Å². The Morgan fingerprint density at radius 1 is 0.896 bits per heavy atom. The van der Waals surface area contributed by atoms with Crippen LogP contribution in [0.1, 0.15) is 34.6 Å². The zero-order valence-electron chi connectivity index (χ0n) is 27.1. The first-order valence-electron chi connectivity index (χ1n) is 16.4. The molecule has 0 spiro atoms. The Hall–Kier alpha value is -5.12. The first kappa shape index (κ1) is 32.8. The molecule has 0 unspecified atom stereocenters. The molecule has 9 nitrogen and oxygen atoms in total. The minimum atomic E-state index is -0.827. The van der Waals surface area contributed by atoms with Crippen molar-refractivity contribution in [1.29, 1.82) is 0 Å². The lowest BCUT2D eigenvalue weighted by molar-refractivity contribution is -0.120. The van der Waals surface area contributed by atoms with E-state index in [4.69, 9.17) is 9.47 Å². The molecule has 6 rings (SSSR count). The highest BCUT2D eigenvalue weighted by molar-refractivity contribution is 5.91. The van der Waals surface area contributed by atoms with E-state index in [1.807, 2.05) is 120 Å². The number of nitrogens with one attached hydrogen (secondary N) is 2. The predicted molar refractivity (Wildman–Crippen MR) is 185 cm³/mol. The van der Waals surface area contributed by atoms with Gasteiger partial charge in [0.05, 0.1) is 38.6 Å². The van der Waals surface area contributed by atoms with Gasteiger partial charge in [-0.25, -0.2) is 4.79 Å². The summed E-state index contributed by atoms with van der Waals surface area (Å²) in [5, 5.41) is 15.1. The topological polar surface area (TPSA) is 107 Å². The van der Waals surface area contributed by atoms with E-state index < -0.39 is 12.1 Å². The summed E-state index contributed by atoms with van der Waals surface area (Å²) in [5.74, 6) is -0.476. The number of carbonyl (C=O) groups is 2. The number of ether oxygens (including phenoxy) is 2. The smallest absolute Gasteiger partial charge is 0.407 e. The van der Waals surface area contributed by atoms with Gasteiger partial charge in [-0.3, -0.25) is 9.48 Å². The Kier molecular flexibility index (Phi) is 11.0. The number of methoxy groups -OCH3 is 1. The summed E-state index contributed by atoms with van der Waals surface area (Å²) >= 11 is 0. The molecule has 0 saturated carbocycles. The van der Waals surface area contributed by atoms with E-state index in [-0.39, 0.29) is 30.3 Å². The van der Waals surface area contributed by atoms with Crippen molar-refractivity contribution in [2.75, 3.05) is 20.3 Å². The fourth-order valence-electron chi connectivity index (χ4n) is 6.35. The van der Waals surface area contributed by atoms with Crippen LogP contribution in [0.15, 0.2) is 121 Å². The average molecular weight is 644 g/mol. The summed E-state index contributed by atoms with van der Waals surface area (Å²) in [6.07, 6.45) is 3.13. The molecule has 246 valence electrons. The van der Waals surface area contributed by atoms with Gasteiger partial charge >= 0.3 is 6.09 Å². The highest BCUT2D eigenvalue weighted by atomic mass is 16.5. The Morgan fingerprint density at radius 3 is 2.15 bits per heavy atom. The van der Waals surface area contributed by atoms with Crippen LogP contribution in [0.25, 0.3) is 11.3 Å². The van der Waals surface area contributed by atoms with Gasteiger partial charge in [0.1, 0.15) is 11.7 Å². The maximum absolute atomic E-state index is 14.2. The SMILES string of the molecule is COC(=O)N[C@H](C(=O)Cc1ccccc1CC[C@@H]1CN[C@H](Cn2cc(-c3ccccc3)nn2)CO1)C(c1ccccc1)c1ccccc1. The van der Waals surface area contributed by atoms with Gasteiger partial charge in [0.2, 0.25) is 0 Å². The molecule has 2 heterocycles. The monoisotopic (exact) mass is 643 g/mol.